The van der Waals surface area contributed by atoms with E-state index in [9.17, 15) is 9.59 Å². The maximum absolute atomic E-state index is 12.2. The Hall–Kier alpha value is -1.72. The normalized spacial score (nSPS) is 17.3. The van der Waals surface area contributed by atoms with Crippen LogP contribution in [0, 0.1) is 5.92 Å². The third-order valence-corrected chi connectivity index (χ3v) is 4.40. The first-order chi connectivity index (χ1) is 10.7. The number of nitrogens with one attached hydrogen (secondary N) is 1. The molecule has 0 aromatic carbocycles. The zero-order valence-electron chi connectivity index (χ0n) is 14.9. The molecule has 1 unspecified atom stereocenters. The lowest BCUT2D eigenvalue weighted by Crippen LogP contribution is -2.34. The highest BCUT2D eigenvalue weighted by Gasteiger charge is 2.25. The predicted molar refractivity (Wildman–Crippen MR) is 89.4 cm³/mol. The minimum absolute atomic E-state index is 0.0306. The molecule has 1 heterocycles. The molecule has 2 rings (SSSR count). The third kappa shape index (κ3) is 4.62. The molecule has 1 aliphatic carbocycles. The van der Waals surface area contributed by atoms with Crippen LogP contribution in [0.3, 0.4) is 0 Å². The van der Waals surface area contributed by atoms with Gasteiger partial charge >= 0.3 is 6.09 Å². The third-order valence-electron chi connectivity index (χ3n) is 4.40. The van der Waals surface area contributed by atoms with Crippen molar-refractivity contribution < 1.29 is 9.53 Å². The standard InChI is InChI=1S/C17H29N3O3/c1-12(13-8-6-7-9-13)20-15(21)10-14(18-20)11-19(5)16(22)23-17(2,3)4/h10,12-13,18H,6-9,11H2,1-5H3. The van der Waals surface area contributed by atoms with Gasteiger partial charge in [0.25, 0.3) is 5.56 Å². The van der Waals surface area contributed by atoms with Crippen LogP contribution in [-0.4, -0.2) is 33.4 Å². The second kappa shape index (κ2) is 6.81. The van der Waals surface area contributed by atoms with E-state index in [0.717, 1.165) is 5.69 Å². The topological polar surface area (TPSA) is 67.3 Å². The van der Waals surface area contributed by atoms with Crippen LogP contribution >= 0.6 is 0 Å². The van der Waals surface area contributed by atoms with Crippen LogP contribution in [0.15, 0.2) is 10.9 Å². The fourth-order valence-electron chi connectivity index (χ4n) is 3.15. The van der Waals surface area contributed by atoms with Crippen LogP contribution in [0.25, 0.3) is 0 Å². The first-order valence-corrected chi connectivity index (χ1v) is 8.42. The van der Waals surface area contributed by atoms with Crippen LogP contribution in [0.2, 0.25) is 0 Å². The van der Waals surface area contributed by atoms with E-state index in [1.807, 2.05) is 20.8 Å². The minimum atomic E-state index is -0.526. The van der Waals surface area contributed by atoms with Gasteiger partial charge in [-0.25, -0.2) is 9.48 Å². The van der Waals surface area contributed by atoms with E-state index in [2.05, 4.69) is 12.0 Å². The number of amides is 1. The smallest absolute Gasteiger partial charge is 0.410 e. The summed E-state index contributed by atoms with van der Waals surface area (Å²) < 4.78 is 7.03. The maximum Gasteiger partial charge on any atom is 0.410 e. The number of hydrogen-bond acceptors (Lipinski definition) is 3. The number of H-pyrrole nitrogens is 1. The van der Waals surface area contributed by atoms with Crippen molar-refractivity contribution in [3.05, 3.63) is 22.1 Å². The number of carbonyl (C=O) groups is 1. The number of carbonyl (C=O) groups excluding carboxylic acids is 1. The van der Waals surface area contributed by atoms with Crippen molar-refractivity contribution in [1.82, 2.24) is 14.7 Å². The van der Waals surface area contributed by atoms with E-state index in [4.69, 9.17) is 4.74 Å². The molecule has 0 aliphatic heterocycles. The number of rotatable bonds is 4. The lowest BCUT2D eigenvalue weighted by molar-refractivity contribution is 0.0282. The molecule has 1 aromatic heterocycles. The summed E-state index contributed by atoms with van der Waals surface area (Å²) in [5, 5.41) is 3.16. The van der Waals surface area contributed by atoms with Crippen LogP contribution in [0.4, 0.5) is 4.79 Å². The van der Waals surface area contributed by atoms with Crippen LogP contribution < -0.4 is 5.56 Å². The number of aromatic amines is 1. The molecule has 1 fully saturated rings. The highest BCUT2D eigenvalue weighted by atomic mass is 16.6. The van der Waals surface area contributed by atoms with Crippen molar-refractivity contribution in [3.8, 4) is 0 Å². The van der Waals surface area contributed by atoms with E-state index >= 15 is 0 Å². The molecular formula is C17H29N3O3. The molecule has 1 aliphatic rings. The maximum atomic E-state index is 12.2. The number of ether oxygens (including phenoxy) is 1. The summed E-state index contributed by atoms with van der Waals surface area (Å²) >= 11 is 0. The molecule has 23 heavy (non-hydrogen) atoms. The molecule has 130 valence electrons. The first-order valence-electron chi connectivity index (χ1n) is 8.42. The summed E-state index contributed by atoms with van der Waals surface area (Å²) in [6, 6.07) is 1.75. The van der Waals surface area contributed by atoms with E-state index in [1.54, 1.807) is 17.8 Å². The summed E-state index contributed by atoms with van der Waals surface area (Å²) in [7, 11) is 1.67. The molecule has 6 nitrogen and oxygen atoms in total. The van der Waals surface area contributed by atoms with Crippen molar-refractivity contribution in [2.45, 2.75) is 71.6 Å². The van der Waals surface area contributed by atoms with Gasteiger partial charge in [0.05, 0.1) is 18.3 Å². The van der Waals surface area contributed by atoms with E-state index in [1.165, 1.54) is 30.6 Å². The minimum Gasteiger partial charge on any atom is -0.444 e. The Kier molecular flexibility index (Phi) is 5.22. The molecule has 1 amide bonds. The molecule has 1 saturated carbocycles. The first kappa shape index (κ1) is 17.6. The molecule has 1 aromatic rings. The zero-order valence-corrected chi connectivity index (χ0v) is 14.9. The number of aromatic nitrogens is 2. The monoisotopic (exact) mass is 323 g/mol. The predicted octanol–water partition coefficient (Wildman–Crippen LogP) is 3.29. The van der Waals surface area contributed by atoms with Gasteiger partial charge < -0.3 is 9.64 Å². The Morgan fingerprint density at radius 3 is 2.61 bits per heavy atom. The zero-order chi connectivity index (χ0) is 17.2. The largest absolute Gasteiger partial charge is 0.444 e. The van der Waals surface area contributed by atoms with Gasteiger partial charge in [-0.1, -0.05) is 12.8 Å². The number of hydrogen-bond donors (Lipinski definition) is 1. The van der Waals surface area contributed by atoms with Crippen molar-refractivity contribution in [2.24, 2.45) is 5.92 Å². The summed E-state index contributed by atoms with van der Waals surface area (Å²) in [5.41, 5.74) is 0.173. The van der Waals surface area contributed by atoms with Gasteiger partial charge in [-0.2, -0.15) is 0 Å². The van der Waals surface area contributed by atoms with Gasteiger partial charge in [-0.05, 0) is 46.5 Å². The van der Waals surface area contributed by atoms with Gasteiger partial charge in [0.15, 0.2) is 0 Å². The van der Waals surface area contributed by atoms with Gasteiger partial charge in [0.1, 0.15) is 5.60 Å². The molecule has 6 heteroatoms. The Morgan fingerprint density at radius 2 is 2.04 bits per heavy atom. The second-order valence-electron chi connectivity index (χ2n) is 7.61. The molecule has 0 saturated heterocycles. The highest BCUT2D eigenvalue weighted by Crippen LogP contribution is 2.32. The van der Waals surface area contributed by atoms with Crippen molar-refractivity contribution in [3.63, 3.8) is 0 Å². The lowest BCUT2D eigenvalue weighted by Gasteiger charge is -2.24. The van der Waals surface area contributed by atoms with E-state index in [-0.39, 0.29) is 11.6 Å². The van der Waals surface area contributed by atoms with Crippen LogP contribution in [-0.2, 0) is 11.3 Å². The van der Waals surface area contributed by atoms with Gasteiger partial charge in [-0.15, -0.1) is 0 Å². The van der Waals surface area contributed by atoms with Crippen molar-refractivity contribution >= 4 is 6.09 Å². The molecular weight excluding hydrogens is 294 g/mol. The van der Waals surface area contributed by atoms with Crippen molar-refractivity contribution in [2.75, 3.05) is 7.05 Å². The second-order valence-corrected chi connectivity index (χ2v) is 7.61. The summed E-state index contributed by atoms with van der Waals surface area (Å²) in [6.07, 6.45) is 4.46. The molecule has 1 atom stereocenters. The summed E-state index contributed by atoms with van der Waals surface area (Å²) in [5.74, 6) is 0.558. The SMILES string of the molecule is CC(C1CCCC1)n1[nH]c(CN(C)C(=O)OC(C)(C)C)cc1=O. The van der Waals surface area contributed by atoms with Crippen LogP contribution in [0.5, 0.6) is 0 Å². The Bertz CT molecular complexity index is 591. The molecule has 0 spiro atoms. The van der Waals surface area contributed by atoms with E-state index < -0.39 is 11.7 Å². The lowest BCUT2D eigenvalue weighted by atomic mass is 10.0. The fraction of sp³-hybridized carbons (Fsp3) is 0.765. The average Bonchev–Trinajstić information content (AvgIpc) is 3.05. The molecule has 1 N–H and O–H groups in total. The van der Waals surface area contributed by atoms with Gasteiger partial charge in [-0.3, -0.25) is 9.89 Å². The Morgan fingerprint density at radius 1 is 1.43 bits per heavy atom. The van der Waals surface area contributed by atoms with Crippen molar-refractivity contribution in [1.29, 1.82) is 0 Å². The quantitative estimate of drug-likeness (QED) is 0.924. The Labute approximate surface area is 137 Å². The molecule has 0 radical (unpaired) electrons. The molecule has 0 bridgehead atoms. The summed E-state index contributed by atoms with van der Waals surface area (Å²) in [4.78, 5) is 25.7. The van der Waals surface area contributed by atoms with Gasteiger partial charge in [0, 0.05) is 13.1 Å². The summed E-state index contributed by atoms with van der Waals surface area (Å²) in [6.45, 7) is 7.92. The average molecular weight is 323 g/mol. The van der Waals surface area contributed by atoms with Crippen LogP contribution in [0.1, 0.15) is 65.1 Å². The number of nitrogens with zero attached hydrogens (tertiary/aromatic N) is 2. The highest BCUT2D eigenvalue weighted by molar-refractivity contribution is 5.67. The Balaban J connectivity index is 2.03. The fourth-order valence-corrected chi connectivity index (χ4v) is 3.15. The van der Waals surface area contributed by atoms with Gasteiger partial charge in [0.2, 0.25) is 0 Å². The van der Waals surface area contributed by atoms with E-state index in [0.29, 0.717) is 12.5 Å².